The highest BCUT2D eigenvalue weighted by atomic mass is 16.5. The zero-order valence-corrected chi connectivity index (χ0v) is 11.7. The van der Waals surface area contributed by atoms with Crippen molar-refractivity contribution in [3.05, 3.63) is 24.3 Å². The summed E-state index contributed by atoms with van der Waals surface area (Å²) >= 11 is 0. The summed E-state index contributed by atoms with van der Waals surface area (Å²) in [4.78, 5) is 13.4. The molecule has 1 amide bonds. The first-order valence-corrected chi connectivity index (χ1v) is 6.95. The van der Waals surface area contributed by atoms with Crippen molar-refractivity contribution in [3.63, 3.8) is 0 Å². The molecule has 0 saturated carbocycles. The Bertz CT molecular complexity index is 434. The fourth-order valence-electron chi connectivity index (χ4n) is 2.69. The summed E-state index contributed by atoms with van der Waals surface area (Å²) in [6, 6.07) is 7.47. The predicted molar refractivity (Wildman–Crippen MR) is 75.6 cm³/mol. The van der Waals surface area contributed by atoms with Crippen LogP contribution >= 0.6 is 0 Å². The second-order valence-corrected chi connectivity index (χ2v) is 5.41. The molecule has 1 aromatic rings. The van der Waals surface area contributed by atoms with E-state index in [9.17, 15) is 4.79 Å². The Morgan fingerprint density at radius 3 is 3.11 bits per heavy atom. The summed E-state index contributed by atoms with van der Waals surface area (Å²) in [6.45, 7) is 5.03. The molecule has 4 heteroatoms. The molecule has 2 N–H and O–H groups in total. The van der Waals surface area contributed by atoms with E-state index in [1.54, 1.807) is 7.11 Å². The van der Waals surface area contributed by atoms with Crippen LogP contribution in [0, 0.1) is 5.92 Å². The van der Waals surface area contributed by atoms with Crippen molar-refractivity contribution in [2.75, 3.05) is 32.1 Å². The SMILES string of the molecule is COc1cccc(NC(=O)C[NH+]2CCC[C@H](C)C2)c1. The fraction of sp³-hybridized carbons (Fsp3) is 0.533. The van der Waals surface area contributed by atoms with Gasteiger partial charge in [-0.25, -0.2) is 0 Å². The van der Waals surface area contributed by atoms with Gasteiger partial charge in [-0.15, -0.1) is 0 Å². The smallest absolute Gasteiger partial charge is 0.279 e. The van der Waals surface area contributed by atoms with E-state index in [1.165, 1.54) is 17.7 Å². The minimum Gasteiger partial charge on any atom is -0.497 e. The van der Waals surface area contributed by atoms with Crippen molar-refractivity contribution < 1.29 is 14.4 Å². The zero-order chi connectivity index (χ0) is 13.7. The van der Waals surface area contributed by atoms with E-state index in [1.807, 2.05) is 24.3 Å². The first-order valence-electron chi connectivity index (χ1n) is 6.95. The third-order valence-corrected chi connectivity index (χ3v) is 3.63. The Morgan fingerprint density at radius 2 is 2.37 bits per heavy atom. The number of nitrogens with one attached hydrogen (secondary N) is 2. The summed E-state index contributed by atoms with van der Waals surface area (Å²) < 4.78 is 5.14. The second kappa shape index (κ2) is 6.57. The van der Waals surface area contributed by atoms with Gasteiger partial charge in [0.25, 0.3) is 5.91 Å². The van der Waals surface area contributed by atoms with Gasteiger partial charge in [0, 0.05) is 17.7 Å². The van der Waals surface area contributed by atoms with Crippen LogP contribution < -0.4 is 15.0 Å². The number of methoxy groups -OCH3 is 1. The van der Waals surface area contributed by atoms with Gasteiger partial charge in [-0.2, -0.15) is 0 Å². The quantitative estimate of drug-likeness (QED) is 0.849. The molecule has 0 aromatic heterocycles. The lowest BCUT2D eigenvalue weighted by Gasteiger charge is -2.27. The molecule has 1 aliphatic heterocycles. The first kappa shape index (κ1) is 13.9. The van der Waals surface area contributed by atoms with Gasteiger partial charge in [-0.05, 0) is 25.0 Å². The molecule has 0 aliphatic carbocycles. The van der Waals surface area contributed by atoms with E-state index in [4.69, 9.17) is 4.74 Å². The van der Waals surface area contributed by atoms with Crippen LogP contribution in [0.4, 0.5) is 5.69 Å². The first-order chi connectivity index (χ1) is 9.17. The molecule has 1 unspecified atom stereocenters. The third kappa shape index (κ3) is 4.24. The highest BCUT2D eigenvalue weighted by Crippen LogP contribution is 2.16. The van der Waals surface area contributed by atoms with Crippen LogP contribution in [0.3, 0.4) is 0 Å². The van der Waals surface area contributed by atoms with Gasteiger partial charge >= 0.3 is 0 Å². The van der Waals surface area contributed by atoms with Crippen LogP contribution in [0.15, 0.2) is 24.3 Å². The standard InChI is InChI=1S/C15H22N2O2/c1-12-5-4-8-17(10-12)11-15(18)16-13-6-3-7-14(9-13)19-2/h3,6-7,9,12H,4-5,8,10-11H2,1-2H3,(H,16,18)/p+1/t12-/m0/s1. The molecule has 1 aliphatic rings. The van der Waals surface area contributed by atoms with E-state index in [2.05, 4.69) is 12.2 Å². The maximum absolute atomic E-state index is 12.0. The maximum atomic E-state index is 12.0. The topological polar surface area (TPSA) is 42.8 Å². The van der Waals surface area contributed by atoms with E-state index in [0.29, 0.717) is 6.54 Å². The van der Waals surface area contributed by atoms with Crippen molar-refractivity contribution in [3.8, 4) is 5.75 Å². The van der Waals surface area contributed by atoms with E-state index >= 15 is 0 Å². The normalized spacial score (nSPS) is 22.8. The Balaban J connectivity index is 1.86. The third-order valence-electron chi connectivity index (χ3n) is 3.63. The number of carbonyl (C=O) groups excluding carboxylic acids is 1. The minimum absolute atomic E-state index is 0.0809. The van der Waals surface area contributed by atoms with Crippen molar-refractivity contribution in [1.29, 1.82) is 0 Å². The van der Waals surface area contributed by atoms with Gasteiger partial charge in [-0.1, -0.05) is 13.0 Å². The summed E-state index contributed by atoms with van der Waals surface area (Å²) in [6.07, 6.45) is 2.52. The van der Waals surface area contributed by atoms with Gasteiger partial charge < -0.3 is 15.0 Å². The number of likely N-dealkylation sites (tertiary alicyclic amines) is 1. The number of carbonyl (C=O) groups is 1. The van der Waals surface area contributed by atoms with Crippen LogP contribution in [0.2, 0.25) is 0 Å². The van der Waals surface area contributed by atoms with Gasteiger partial charge in [0.2, 0.25) is 0 Å². The molecule has 0 radical (unpaired) electrons. The average Bonchev–Trinajstić information content (AvgIpc) is 2.38. The minimum atomic E-state index is 0.0809. The van der Waals surface area contributed by atoms with Crippen LogP contribution in [-0.4, -0.2) is 32.7 Å². The molecule has 4 nitrogen and oxygen atoms in total. The molecule has 1 saturated heterocycles. The second-order valence-electron chi connectivity index (χ2n) is 5.41. The van der Waals surface area contributed by atoms with Crippen LogP contribution in [0.25, 0.3) is 0 Å². The lowest BCUT2D eigenvalue weighted by atomic mass is 10.0. The van der Waals surface area contributed by atoms with Gasteiger partial charge in [0.05, 0.1) is 20.2 Å². The molecule has 1 fully saturated rings. The van der Waals surface area contributed by atoms with Crippen molar-refractivity contribution in [1.82, 2.24) is 0 Å². The molecular formula is C15H23N2O2+. The number of hydrogen-bond donors (Lipinski definition) is 2. The molecular weight excluding hydrogens is 240 g/mol. The van der Waals surface area contributed by atoms with E-state index in [0.717, 1.165) is 30.4 Å². The highest BCUT2D eigenvalue weighted by molar-refractivity contribution is 5.91. The summed E-state index contributed by atoms with van der Waals surface area (Å²) in [5.74, 6) is 1.57. The number of hydrogen-bond acceptors (Lipinski definition) is 2. The largest absolute Gasteiger partial charge is 0.497 e. The number of piperidine rings is 1. The van der Waals surface area contributed by atoms with E-state index in [-0.39, 0.29) is 5.91 Å². The molecule has 19 heavy (non-hydrogen) atoms. The molecule has 2 atom stereocenters. The van der Waals surface area contributed by atoms with Gasteiger partial charge in [0.15, 0.2) is 6.54 Å². The lowest BCUT2D eigenvalue weighted by molar-refractivity contribution is -0.900. The molecule has 0 bridgehead atoms. The lowest BCUT2D eigenvalue weighted by Crippen LogP contribution is -3.14. The number of anilines is 1. The summed E-state index contributed by atoms with van der Waals surface area (Å²) in [5.41, 5.74) is 0.800. The molecule has 2 rings (SSSR count). The maximum Gasteiger partial charge on any atom is 0.279 e. The van der Waals surface area contributed by atoms with Gasteiger partial charge in [0.1, 0.15) is 5.75 Å². The van der Waals surface area contributed by atoms with Crippen molar-refractivity contribution in [2.45, 2.75) is 19.8 Å². The Morgan fingerprint density at radius 1 is 1.53 bits per heavy atom. The predicted octanol–water partition coefficient (Wildman–Crippen LogP) is 0.948. The summed E-state index contributed by atoms with van der Waals surface area (Å²) in [5, 5.41) is 2.94. The number of benzene rings is 1. The highest BCUT2D eigenvalue weighted by Gasteiger charge is 2.21. The molecule has 1 heterocycles. The monoisotopic (exact) mass is 263 g/mol. The number of ether oxygens (including phenoxy) is 1. The Kier molecular flexibility index (Phi) is 4.80. The molecule has 1 aromatic carbocycles. The zero-order valence-electron chi connectivity index (χ0n) is 11.7. The Labute approximate surface area is 114 Å². The fourth-order valence-corrected chi connectivity index (χ4v) is 2.69. The van der Waals surface area contributed by atoms with Crippen molar-refractivity contribution in [2.24, 2.45) is 5.92 Å². The number of quaternary nitrogens is 1. The van der Waals surface area contributed by atoms with Crippen LogP contribution in [0.5, 0.6) is 5.75 Å². The Hall–Kier alpha value is -1.55. The number of amides is 1. The van der Waals surface area contributed by atoms with Crippen molar-refractivity contribution >= 4 is 11.6 Å². The van der Waals surface area contributed by atoms with Crippen LogP contribution in [-0.2, 0) is 4.79 Å². The van der Waals surface area contributed by atoms with Gasteiger partial charge in [-0.3, -0.25) is 4.79 Å². The van der Waals surface area contributed by atoms with Crippen LogP contribution in [0.1, 0.15) is 19.8 Å². The average molecular weight is 263 g/mol. The molecule has 104 valence electrons. The number of rotatable bonds is 4. The summed E-state index contributed by atoms with van der Waals surface area (Å²) in [7, 11) is 1.63. The molecule has 0 spiro atoms. The van der Waals surface area contributed by atoms with E-state index < -0.39 is 0 Å².